The zero-order chi connectivity index (χ0) is 17.1. The summed E-state index contributed by atoms with van der Waals surface area (Å²) in [6.45, 7) is 5.38. The van der Waals surface area contributed by atoms with Gasteiger partial charge >= 0.3 is 0 Å². The first-order valence-electron chi connectivity index (χ1n) is 8.54. The number of rotatable bonds is 5. The number of hydrogen-bond acceptors (Lipinski definition) is 3. The van der Waals surface area contributed by atoms with Crippen LogP contribution in [0.15, 0.2) is 36.7 Å². The maximum atomic E-state index is 12.8. The zero-order valence-electron chi connectivity index (χ0n) is 14.6. The molecule has 1 aliphatic rings. The van der Waals surface area contributed by atoms with Crippen molar-refractivity contribution in [2.45, 2.75) is 45.2 Å². The number of nitrogens with zero attached hydrogens (tertiary/aromatic N) is 3. The number of ether oxygens (including phenoxy) is 1. The largest absolute Gasteiger partial charge is 0.497 e. The average molecular weight is 327 g/mol. The van der Waals surface area contributed by atoms with Crippen molar-refractivity contribution in [1.29, 1.82) is 0 Å². The predicted molar refractivity (Wildman–Crippen MR) is 93.0 cm³/mol. The van der Waals surface area contributed by atoms with E-state index in [0.717, 1.165) is 31.0 Å². The average Bonchev–Trinajstić information content (AvgIpc) is 3.24. The fraction of sp³-hybridized carbons (Fsp3) is 0.474. The molecule has 1 aliphatic heterocycles. The van der Waals surface area contributed by atoms with Crippen molar-refractivity contribution in [2.24, 2.45) is 0 Å². The Morgan fingerprint density at radius 2 is 2.08 bits per heavy atom. The molecule has 1 amide bonds. The maximum Gasteiger partial charge on any atom is 0.243 e. The number of imidazole rings is 1. The molecule has 1 fully saturated rings. The minimum Gasteiger partial charge on any atom is -0.497 e. The van der Waals surface area contributed by atoms with E-state index in [4.69, 9.17) is 4.74 Å². The van der Waals surface area contributed by atoms with Crippen LogP contribution in [0.5, 0.6) is 5.75 Å². The SMILES string of the molecule is COc1ccc([C@H]2CCCN2C(=O)Cn2ccnc2C(C)C)cc1. The molecule has 1 aromatic carbocycles. The second kappa shape index (κ2) is 7.07. The van der Waals surface area contributed by atoms with Crippen molar-refractivity contribution in [3.05, 3.63) is 48.0 Å². The van der Waals surface area contributed by atoms with Crippen molar-refractivity contribution < 1.29 is 9.53 Å². The summed E-state index contributed by atoms with van der Waals surface area (Å²) in [6.07, 6.45) is 5.72. The number of benzene rings is 1. The lowest BCUT2D eigenvalue weighted by atomic mass is 10.0. The van der Waals surface area contributed by atoms with Crippen LogP contribution in [0, 0.1) is 0 Å². The first-order valence-corrected chi connectivity index (χ1v) is 8.54. The van der Waals surface area contributed by atoms with Crippen LogP contribution in [0.1, 0.15) is 50.0 Å². The minimum absolute atomic E-state index is 0.160. The van der Waals surface area contributed by atoms with Gasteiger partial charge in [0.25, 0.3) is 0 Å². The molecule has 5 nitrogen and oxygen atoms in total. The van der Waals surface area contributed by atoms with Crippen LogP contribution in [0.2, 0.25) is 0 Å². The lowest BCUT2D eigenvalue weighted by molar-refractivity contribution is -0.132. The van der Waals surface area contributed by atoms with Crippen molar-refractivity contribution in [2.75, 3.05) is 13.7 Å². The van der Waals surface area contributed by atoms with E-state index in [-0.39, 0.29) is 11.9 Å². The summed E-state index contributed by atoms with van der Waals surface area (Å²) in [7, 11) is 1.66. The van der Waals surface area contributed by atoms with E-state index in [1.54, 1.807) is 13.3 Å². The number of carbonyl (C=O) groups excluding carboxylic acids is 1. The minimum atomic E-state index is 0.160. The quantitative estimate of drug-likeness (QED) is 0.846. The van der Waals surface area contributed by atoms with Gasteiger partial charge in [-0.15, -0.1) is 0 Å². The standard InChI is InChI=1S/C19H25N3O2/c1-14(2)19-20-10-12-21(19)13-18(23)22-11-4-5-17(22)15-6-8-16(24-3)9-7-15/h6-10,12,14,17H,4-5,11,13H2,1-3H3/t17-/m1/s1. The molecule has 1 aromatic heterocycles. The summed E-state index contributed by atoms with van der Waals surface area (Å²) in [5.41, 5.74) is 1.18. The molecular formula is C19H25N3O2. The number of carbonyl (C=O) groups is 1. The molecule has 0 radical (unpaired) electrons. The van der Waals surface area contributed by atoms with Crippen LogP contribution in [0.3, 0.4) is 0 Å². The molecule has 0 N–H and O–H groups in total. The van der Waals surface area contributed by atoms with Crippen LogP contribution >= 0.6 is 0 Å². The van der Waals surface area contributed by atoms with Gasteiger partial charge in [0.2, 0.25) is 5.91 Å². The Morgan fingerprint density at radius 3 is 2.75 bits per heavy atom. The van der Waals surface area contributed by atoms with Gasteiger partial charge in [-0.3, -0.25) is 4.79 Å². The molecule has 1 atom stereocenters. The number of methoxy groups -OCH3 is 1. The predicted octanol–water partition coefficient (Wildman–Crippen LogP) is 3.38. The molecule has 1 saturated heterocycles. The van der Waals surface area contributed by atoms with Crippen LogP contribution in [-0.4, -0.2) is 34.0 Å². The summed E-state index contributed by atoms with van der Waals surface area (Å²) >= 11 is 0. The summed E-state index contributed by atoms with van der Waals surface area (Å²) in [4.78, 5) is 19.2. The molecule has 0 bridgehead atoms. The van der Waals surface area contributed by atoms with E-state index in [1.807, 2.05) is 27.8 Å². The monoisotopic (exact) mass is 327 g/mol. The van der Waals surface area contributed by atoms with Crippen LogP contribution in [0.4, 0.5) is 0 Å². The van der Waals surface area contributed by atoms with Gasteiger partial charge in [-0.2, -0.15) is 0 Å². The molecule has 5 heteroatoms. The molecular weight excluding hydrogens is 302 g/mol. The van der Waals surface area contributed by atoms with Gasteiger partial charge < -0.3 is 14.2 Å². The van der Waals surface area contributed by atoms with E-state index in [1.165, 1.54) is 5.56 Å². The highest BCUT2D eigenvalue weighted by Gasteiger charge is 2.30. The highest BCUT2D eigenvalue weighted by Crippen LogP contribution is 2.33. The second-order valence-electron chi connectivity index (χ2n) is 6.59. The van der Waals surface area contributed by atoms with Gasteiger partial charge in [0, 0.05) is 24.9 Å². The van der Waals surface area contributed by atoms with Crippen LogP contribution in [-0.2, 0) is 11.3 Å². The molecule has 0 unspecified atom stereocenters. The summed E-state index contributed by atoms with van der Waals surface area (Å²) < 4.78 is 7.19. The molecule has 0 saturated carbocycles. The molecule has 128 valence electrons. The number of amides is 1. The molecule has 2 heterocycles. The van der Waals surface area contributed by atoms with Gasteiger partial charge in [-0.1, -0.05) is 26.0 Å². The summed E-state index contributed by atoms with van der Waals surface area (Å²) in [5.74, 6) is 2.27. The van der Waals surface area contributed by atoms with Crippen molar-refractivity contribution >= 4 is 5.91 Å². The fourth-order valence-corrected chi connectivity index (χ4v) is 3.43. The third-order valence-electron chi connectivity index (χ3n) is 4.64. The first kappa shape index (κ1) is 16.6. The number of hydrogen-bond donors (Lipinski definition) is 0. The first-order chi connectivity index (χ1) is 11.6. The molecule has 2 aromatic rings. The van der Waals surface area contributed by atoms with E-state index >= 15 is 0 Å². The maximum absolute atomic E-state index is 12.8. The number of likely N-dealkylation sites (tertiary alicyclic amines) is 1. The summed E-state index contributed by atoms with van der Waals surface area (Å²) in [6, 6.07) is 8.21. The van der Waals surface area contributed by atoms with Gasteiger partial charge in [0.15, 0.2) is 0 Å². The van der Waals surface area contributed by atoms with E-state index in [9.17, 15) is 4.79 Å². The van der Waals surface area contributed by atoms with Crippen LogP contribution < -0.4 is 4.74 Å². The Hall–Kier alpha value is -2.30. The summed E-state index contributed by atoms with van der Waals surface area (Å²) in [5, 5.41) is 0. The van der Waals surface area contributed by atoms with Crippen molar-refractivity contribution in [3.63, 3.8) is 0 Å². The highest BCUT2D eigenvalue weighted by atomic mass is 16.5. The van der Waals surface area contributed by atoms with E-state index in [2.05, 4.69) is 31.0 Å². The molecule has 24 heavy (non-hydrogen) atoms. The van der Waals surface area contributed by atoms with E-state index in [0.29, 0.717) is 12.5 Å². The smallest absolute Gasteiger partial charge is 0.243 e. The van der Waals surface area contributed by atoms with Gasteiger partial charge in [-0.25, -0.2) is 4.98 Å². The number of aromatic nitrogens is 2. The Bertz CT molecular complexity index is 691. The van der Waals surface area contributed by atoms with Crippen molar-refractivity contribution in [1.82, 2.24) is 14.5 Å². The topological polar surface area (TPSA) is 47.4 Å². The van der Waals surface area contributed by atoms with Gasteiger partial charge in [-0.05, 0) is 30.5 Å². The fourth-order valence-electron chi connectivity index (χ4n) is 3.43. The zero-order valence-corrected chi connectivity index (χ0v) is 14.6. The molecule has 0 aliphatic carbocycles. The van der Waals surface area contributed by atoms with Crippen molar-refractivity contribution in [3.8, 4) is 5.75 Å². The Morgan fingerprint density at radius 1 is 1.33 bits per heavy atom. The second-order valence-corrected chi connectivity index (χ2v) is 6.59. The normalized spacial score (nSPS) is 17.5. The van der Waals surface area contributed by atoms with Gasteiger partial charge in [0.05, 0.1) is 13.2 Å². The van der Waals surface area contributed by atoms with Gasteiger partial charge in [0.1, 0.15) is 18.1 Å². The van der Waals surface area contributed by atoms with E-state index < -0.39 is 0 Å². The highest BCUT2D eigenvalue weighted by molar-refractivity contribution is 5.77. The Balaban J connectivity index is 1.74. The molecule has 0 spiro atoms. The lowest BCUT2D eigenvalue weighted by Gasteiger charge is -2.26. The Labute approximate surface area is 143 Å². The lowest BCUT2D eigenvalue weighted by Crippen LogP contribution is -2.33. The van der Waals surface area contributed by atoms with Crippen LogP contribution in [0.25, 0.3) is 0 Å². The Kier molecular flexibility index (Phi) is 4.88. The third kappa shape index (κ3) is 3.30. The third-order valence-corrected chi connectivity index (χ3v) is 4.64. The molecule has 3 rings (SSSR count).